The van der Waals surface area contributed by atoms with Gasteiger partial charge in [-0.2, -0.15) is 0 Å². The van der Waals surface area contributed by atoms with Crippen LogP contribution in [0.4, 0.5) is 5.69 Å². The first-order valence-corrected chi connectivity index (χ1v) is 7.24. The van der Waals surface area contributed by atoms with Gasteiger partial charge in [-0.25, -0.2) is 4.98 Å². The highest BCUT2D eigenvalue weighted by atomic mass is 35.5. The van der Waals surface area contributed by atoms with E-state index in [4.69, 9.17) is 11.6 Å². The standard InChI is InChI=1S/C11H9ClN2O3S2/c1-6(15)9-5-8(14(16)17)11(18-9)19-10-7(12)3-2-4-13-10/h2-6,15H,1H3. The summed E-state index contributed by atoms with van der Waals surface area (Å²) in [6.45, 7) is 1.57. The van der Waals surface area contributed by atoms with Crippen LogP contribution in [0.2, 0.25) is 5.02 Å². The summed E-state index contributed by atoms with van der Waals surface area (Å²) in [7, 11) is 0. The predicted octanol–water partition coefficient (Wildman–Crippen LogP) is 3.91. The fourth-order valence-corrected chi connectivity index (χ4v) is 3.74. The Hall–Kier alpha value is -1.15. The van der Waals surface area contributed by atoms with Gasteiger partial charge in [0.25, 0.3) is 5.69 Å². The van der Waals surface area contributed by atoms with Gasteiger partial charge >= 0.3 is 0 Å². The molecule has 0 spiro atoms. The van der Waals surface area contributed by atoms with Crippen LogP contribution in [0.3, 0.4) is 0 Å². The molecule has 2 aromatic rings. The SMILES string of the molecule is CC(O)c1cc([N+](=O)[O-])c(Sc2ncccc2Cl)s1. The second-order valence-corrected chi connectivity index (χ2v) is 6.40. The average Bonchev–Trinajstić information content (AvgIpc) is 2.76. The molecular formula is C11H9ClN2O3S2. The number of halogens is 1. The Bertz CT molecular complexity index is 616. The molecule has 19 heavy (non-hydrogen) atoms. The molecule has 1 unspecified atom stereocenters. The molecule has 0 radical (unpaired) electrons. The molecular weight excluding hydrogens is 308 g/mol. The van der Waals surface area contributed by atoms with Crippen molar-refractivity contribution in [3.8, 4) is 0 Å². The second-order valence-electron chi connectivity index (χ2n) is 3.65. The molecule has 2 rings (SSSR count). The van der Waals surface area contributed by atoms with Crippen molar-refractivity contribution in [2.45, 2.75) is 22.3 Å². The van der Waals surface area contributed by atoms with Crippen molar-refractivity contribution in [1.82, 2.24) is 4.98 Å². The largest absolute Gasteiger partial charge is 0.388 e. The lowest BCUT2D eigenvalue weighted by Gasteiger charge is -2.00. The van der Waals surface area contributed by atoms with E-state index in [2.05, 4.69) is 4.98 Å². The first-order valence-electron chi connectivity index (χ1n) is 5.23. The molecule has 0 aliphatic rings. The maximum atomic E-state index is 11.0. The zero-order valence-corrected chi connectivity index (χ0v) is 12.1. The van der Waals surface area contributed by atoms with Crippen molar-refractivity contribution in [2.75, 3.05) is 0 Å². The first kappa shape index (κ1) is 14.3. The summed E-state index contributed by atoms with van der Waals surface area (Å²) < 4.78 is 0.460. The van der Waals surface area contributed by atoms with E-state index in [0.29, 0.717) is 19.1 Å². The van der Waals surface area contributed by atoms with Gasteiger partial charge in [-0.3, -0.25) is 10.1 Å². The average molecular weight is 317 g/mol. The maximum Gasteiger partial charge on any atom is 0.294 e. The molecule has 2 heterocycles. The Kier molecular flexibility index (Phi) is 4.41. The van der Waals surface area contributed by atoms with E-state index in [1.165, 1.54) is 17.4 Å². The molecule has 0 aliphatic carbocycles. The van der Waals surface area contributed by atoms with Gasteiger partial charge in [0, 0.05) is 17.1 Å². The smallest absolute Gasteiger partial charge is 0.294 e. The fraction of sp³-hybridized carbons (Fsp3) is 0.182. The van der Waals surface area contributed by atoms with Crippen LogP contribution >= 0.6 is 34.7 Å². The lowest BCUT2D eigenvalue weighted by Crippen LogP contribution is -1.88. The molecule has 8 heteroatoms. The zero-order chi connectivity index (χ0) is 14.0. The molecule has 0 aromatic carbocycles. The molecule has 1 N–H and O–H groups in total. The minimum atomic E-state index is -0.739. The van der Waals surface area contributed by atoms with Gasteiger partial charge < -0.3 is 5.11 Å². The fourth-order valence-electron chi connectivity index (χ4n) is 1.32. The van der Waals surface area contributed by atoms with E-state index in [1.54, 1.807) is 25.3 Å². The number of pyridine rings is 1. The Morgan fingerprint density at radius 1 is 1.63 bits per heavy atom. The lowest BCUT2D eigenvalue weighted by molar-refractivity contribution is -0.387. The third-order valence-corrected chi connectivity index (χ3v) is 5.14. The van der Waals surface area contributed by atoms with E-state index in [1.807, 2.05) is 0 Å². The molecule has 5 nitrogen and oxygen atoms in total. The third-order valence-electron chi connectivity index (χ3n) is 2.22. The Labute approximate surface area is 122 Å². The van der Waals surface area contributed by atoms with E-state index in [9.17, 15) is 15.2 Å². The molecule has 0 saturated carbocycles. The van der Waals surface area contributed by atoms with Gasteiger partial charge in [0.15, 0.2) is 0 Å². The highest BCUT2D eigenvalue weighted by Crippen LogP contribution is 2.43. The van der Waals surface area contributed by atoms with Crippen molar-refractivity contribution >= 4 is 40.4 Å². The van der Waals surface area contributed by atoms with E-state index in [-0.39, 0.29) is 5.69 Å². The summed E-state index contributed by atoms with van der Waals surface area (Å²) >= 11 is 8.28. The summed E-state index contributed by atoms with van der Waals surface area (Å²) in [5.41, 5.74) is -0.0346. The molecule has 0 aliphatic heterocycles. The highest BCUT2D eigenvalue weighted by Gasteiger charge is 2.22. The number of nitro groups is 1. The summed E-state index contributed by atoms with van der Waals surface area (Å²) in [6, 6.07) is 4.75. The number of nitrogens with zero attached hydrogens (tertiary/aromatic N) is 2. The van der Waals surface area contributed by atoms with E-state index >= 15 is 0 Å². The Morgan fingerprint density at radius 2 is 2.37 bits per heavy atom. The number of rotatable bonds is 4. The number of aliphatic hydroxyl groups is 1. The van der Waals surface area contributed by atoms with Gasteiger partial charge in [-0.05, 0) is 19.1 Å². The number of thiophene rings is 1. The molecule has 0 bridgehead atoms. The van der Waals surface area contributed by atoms with Gasteiger partial charge in [-0.15, -0.1) is 11.3 Å². The quantitative estimate of drug-likeness (QED) is 0.683. The normalized spacial score (nSPS) is 12.4. The van der Waals surface area contributed by atoms with Crippen LogP contribution in [-0.4, -0.2) is 15.0 Å². The van der Waals surface area contributed by atoms with E-state index in [0.717, 1.165) is 11.8 Å². The molecule has 100 valence electrons. The van der Waals surface area contributed by atoms with Crippen LogP contribution in [0.1, 0.15) is 17.9 Å². The lowest BCUT2D eigenvalue weighted by atomic mass is 10.3. The first-order chi connectivity index (χ1) is 8.99. The Balaban J connectivity index is 2.39. The molecule has 0 amide bonds. The van der Waals surface area contributed by atoms with E-state index < -0.39 is 11.0 Å². The van der Waals surface area contributed by atoms with Crippen LogP contribution in [0.25, 0.3) is 0 Å². The van der Waals surface area contributed by atoms with Crippen molar-refractivity contribution in [1.29, 1.82) is 0 Å². The minimum absolute atomic E-state index is 0.0346. The predicted molar refractivity (Wildman–Crippen MR) is 75.0 cm³/mol. The van der Waals surface area contributed by atoms with Gasteiger partial charge in [0.05, 0.1) is 16.0 Å². The molecule has 0 saturated heterocycles. The van der Waals surface area contributed by atoms with Crippen molar-refractivity contribution < 1.29 is 10.0 Å². The van der Waals surface area contributed by atoms with Crippen molar-refractivity contribution in [2.24, 2.45) is 0 Å². The Morgan fingerprint density at radius 3 is 2.95 bits per heavy atom. The zero-order valence-electron chi connectivity index (χ0n) is 9.74. The topological polar surface area (TPSA) is 76.3 Å². The van der Waals surface area contributed by atoms with Gasteiger partial charge in [-0.1, -0.05) is 23.4 Å². The highest BCUT2D eigenvalue weighted by molar-refractivity contribution is 8.01. The molecule has 0 fully saturated rings. The molecule has 2 aromatic heterocycles. The van der Waals surface area contributed by atoms with Crippen LogP contribution in [0.15, 0.2) is 33.6 Å². The van der Waals surface area contributed by atoms with Gasteiger partial charge in [0.1, 0.15) is 9.24 Å². The van der Waals surface area contributed by atoms with Crippen molar-refractivity contribution in [3.05, 3.63) is 44.4 Å². The summed E-state index contributed by atoms with van der Waals surface area (Å²) in [5, 5.41) is 21.4. The van der Waals surface area contributed by atoms with Crippen LogP contribution in [0.5, 0.6) is 0 Å². The minimum Gasteiger partial charge on any atom is -0.388 e. The second kappa shape index (κ2) is 5.87. The number of aromatic nitrogens is 1. The van der Waals surface area contributed by atoms with Gasteiger partial charge in [0.2, 0.25) is 0 Å². The molecule has 1 atom stereocenters. The number of hydrogen-bond donors (Lipinski definition) is 1. The van der Waals surface area contributed by atoms with Crippen LogP contribution < -0.4 is 0 Å². The third kappa shape index (κ3) is 3.24. The van der Waals surface area contributed by atoms with Crippen LogP contribution in [-0.2, 0) is 0 Å². The monoisotopic (exact) mass is 316 g/mol. The van der Waals surface area contributed by atoms with Crippen LogP contribution in [0, 0.1) is 10.1 Å². The number of aliphatic hydroxyl groups excluding tert-OH is 1. The summed E-state index contributed by atoms with van der Waals surface area (Å²) in [6.07, 6.45) is 0.834. The number of hydrogen-bond acceptors (Lipinski definition) is 6. The summed E-state index contributed by atoms with van der Waals surface area (Å²) in [4.78, 5) is 15.1. The summed E-state index contributed by atoms with van der Waals surface area (Å²) in [5.74, 6) is 0. The van der Waals surface area contributed by atoms with Crippen molar-refractivity contribution in [3.63, 3.8) is 0 Å². The maximum absolute atomic E-state index is 11.0.